The molecule has 3 aliphatic heterocycles. The Bertz CT molecular complexity index is 2550. The van der Waals surface area contributed by atoms with E-state index in [-0.39, 0.29) is 74.8 Å². The highest BCUT2D eigenvalue weighted by Crippen LogP contribution is 2.53. The van der Waals surface area contributed by atoms with E-state index in [0.29, 0.717) is 13.0 Å². The minimum atomic E-state index is -0.661. The van der Waals surface area contributed by atoms with Gasteiger partial charge in [-0.15, -0.1) is 0 Å². The number of likely N-dealkylation sites (tertiary alicyclic amines) is 3. The number of hydrogen-bond donors (Lipinski definition) is 3. The number of nitriles is 1. The Labute approximate surface area is 464 Å². The predicted octanol–water partition coefficient (Wildman–Crippen LogP) is 10.1. The number of amides is 3. The first kappa shape index (κ1) is 59.0. The molecule has 0 radical (unpaired) electrons. The standard InChI is InChI=1S/C22H30N4O2.C22H32N2O3.C19H27NO2.3H2/c1-16(2)26(13-10-23)21(28)15-25-11-8-22(9-12-25)14-20(24-17(3)27)18-6-4-5-7-19(18)22;1-17(25)23-20-16-22(19-9-6-5-8-18(19)20)11-14-24(15-12-22)13-7-3-4-10-21(26)27-2;1-14(2)7-10-20-11-8-19(9-12-20)13-16(18(21)22)15-5-3-4-6-17(15)19;;;/h4-7,16,20H,8-9,11-15H2,1-3H3,(H,24,27);5-6,8-9,20H,3-4,7,10-16H2,1-2H3,(H,23,25);3-6,14,16H,7-13H2,1-2H3,(H,21,22);3*1H/t2*20-;;;;/m00..../s1. The van der Waals surface area contributed by atoms with Gasteiger partial charge >= 0.3 is 11.9 Å². The van der Waals surface area contributed by atoms with Crippen molar-refractivity contribution in [2.45, 2.75) is 172 Å². The maximum Gasteiger partial charge on any atom is 0.311 e. The molecule has 3 saturated heterocycles. The number of aliphatic carboxylic acids is 1. The third-order valence-corrected chi connectivity index (χ3v) is 18.1. The maximum atomic E-state index is 12.6. The first-order chi connectivity index (χ1) is 36.9. The van der Waals surface area contributed by atoms with Crippen LogP contribution in [0, 0.1) is 17.2 Å². The summed E-state index contributed by atoms with van der Waals surface area (Å²) >= 11 is 0. The van der Waals surface area contributed by atoms with E-state index in [1.54, 1.807) is 18.7 Å². The van der Waals surface area contributed by atoms with Crippen LogP contribution in [0.1, 0.15) is 187 Å². The fourth-order valence-electron chi connectivity index (χ4n) is 13.9. The molecule has 3 fully saturated rings. The number of hydrogen-bond acceptors (Lipinski definition) is 10. The summed E-state index contributed by atoms with van der Waals surface area (Å²) in [6, 6.07) is 27.7. The molecule has 3 aromatic carbocycles. The van der Waals surface area contributed by atoms with Gasteiger partial charge in [0.15, 0.2) is 0 Å². The number of carboxylic acids is 1. The minimum Gasteiger partial charge on any atom is -0.481 e. The lowest BCUT2D eigenvalue weighted by molar-refractivity contribution is -0.141. The van der Waals surface area contributed by atoms with Crippen molar-refractivity contribution < 1.29 is 38.1 Å². The van der Waals surface area contributed by atoms with E-state index < -0.39 is 5.97 Å². The van der Waals surface area contributed by atoms with E-state index in [1.807, 2.05) is 32.0 Å². The summed E-state index contributed by atoms with van der Waals surface area (Å²) in [4.78, 5) is 67.6. The smallest absolute Gasteiger partial charge is 0.311 e. The normalized spacial score (nSPS) is 21.7. The maximum absolute atomic E-state index is 12.6. The Morgan fingerprint density at radius 3 is 1.55 bits per heavy atom. The second kappa shape index (κ2) is 26.8. The number of rotatable bonds is 16. The van der Waals surface area contributed by atoms with Crippen molar-refractivity contribution in [2.75, 3.05) is 72.6 Å². The Morgan fingerprint density at radius 1 is 0.662 bits per heavy atom. The number of piperidine rings is 3. The van der Waals surface area contributed by atoms with Crippen LogP contribution >= 0.6 is 0 Å². The first-order valence-corrected chi connectivity index (χ1v) is 28.9. The number of carboxylic acid groups (broad SMARTS) is 1. The number of carbonyl (C=O) groups excluding carboxylic acids is 4. The zero-order valence-corrected chi connectivity index (χ0v) is 47.4. The van der Waals surface area contributed by atoms with Crippen LogP contribution in [0.15, 0.2) is 72.8 Å². The van der Waals surface area contributed by atoms with Gasteiger partial charge in [0.25, 0.3) is 0 Å². The van der Waals surface area contributed by atoms with Crippen molar-refractivity contribution in [3.8, 4) is 6.07 Å². The molecule has 14 heteroatoms. The average Bonchev–Trinajstić information content (AvgIpc) is 4.08. The Hall–Kier alpha value is -5.62. The van der Waals surface area contributed by atoms with E-state index in [0.717, 1.165) is 134 Å². The highest BCUT2D eigenvalue weighted by Gasteiger charge is 2.49. The molecule has 6 aliphatic rings. The van der Waals surface area contributed by atoms with E-state index in [4.69, 9.17) is 5.26 Å². The second-order valence-corrected chi connectivity index (χ2v) is 23.9. The summed E-state index contributed by atoms with van der Waals surface area (Å²) in [7, 11) is 1.45. The third-order valence-electron chi connectivity index (χ3n) is 18.1. The molecule has 0 bridgehead atoms. The van der Waals surface area contributed by atoms with Crippen LogP contribution in [0.2, 0.25) is 0 Å². The van der Waals surface area contributed by atoms with Crippen LogP contribution in [0.25, 0.3) is 0 Å². The van der Waals surface area contributed by atoms with Crippen LogP contribution in [-0.4, -0.2) is 133 Å². The zero-order valence-electron chi connectivity index (χ0n) is 47.4. The Kier molecular flexibility index (Phi) is 20.6. The number of ether oxygens (including phenoxy) is 1. The van der Waals surface area contributed by atoms with Crippen LogP contribution in [0.3, 0.4) is 0 Å². The molecule has 3 aliphatic carbocycles. The van der Waals surface area contributed by atoms with Gasteiger partial charge in [0.2, 0.25) is 17.7 Å². The van der Waals surface area contributed by atoms with Gasteiger partial charge in [-0.05, 0) is 188 Å². The largest absolute Gasteiger partial charge is 0.481 e. The summed E-state index contributed by atoms with van der Waals surface area (Å²) in [6.07, 6.45) is 14.1. The highest BCUT2D eigenvalue weighted by atomic mass is 16.5. The van der Waals surface area contributed by atoms with Crippen LogP contribution in [0.4, 0.5) is 0 Å². The Morgan fingerprint density at radius 2 is 1.10 bits per heavy atom. The number of fused-ring (bicyclic) bond motifs is 6. The molecule has 3 N–H and O–H groups in total. The van der Waals surface area contributed by atoms with E-state index >= 15 is 0 Å². The topological polar surface area (TPSA) is 176 Å². The van der Waals surface area contributed by atoms with E-state index in [2.05, 4.69) is 105 Å². The van der Waals surface area contributed by atoms with Gasteiger partial charge in [0, 0.05) is 41.4 Å². The monoisotopic (exact) mass is 1060 g/mol. The van der Waals surface area contributed by atoms with Crippen molar-refractivity contribution in [3.63, 3.8) is 0 Å². The molecule has 0 saturated carbocycles. The lowest BCUT2D eigenvalue weighted by Crippen LogP contribution is -2.48. The van der Waals surface area contributed by atoms with Crippen molar-refractivity contribution in [2.24, 2.45) is 5.92 Å². The van der Waals surface area contributed by atoms with Crippen LogP contribution in [-0.2, 0) is 45.0 Å². The van der Waals surface area contributed by atoms with Crippen LogP contribution in [0.5, 0.6) is 0 Å². The Balaban J connectivity index is 0.000000255. The quantitative estimate of drug-likeness (QED) is 0.0707. The molecular weight excluding hydrogens is 967 g/mol. The van der Waals surface area contributed by atoms with Gasteiger partial charge in [0.05, 0.1) is 37.7 Å². The summed E-state index contributed by atoms with van der Waals surface area (Å²) in [5.41, 5.74) is 8.12. The lowest BCUT2D eigenvalue weighted by Gasteiger charge is -2.40. The van der Waals surface area contributed by atoms with Crippen LogP contribution < -0.4 is 10.6 Å². The lowest BCUT2D eigenvalue weighted by atomic mass is 9.73. The molecule has 0 aromatic heterocycles. The molecule has 3 amide bonds. The number of nitrogens with one attached hydrogen (secondary N) is 2. The molecule has 3 spiro atoms. The first-order valence-electron chi connectivity index (χ1n) is 28.9. The molecule has 3 heterocycles. The summed E-state index contributed by atoms with van der Waals surface area (Å²) in [5, 5.41) is 24.8. The SMILES string of the molecule is CC(=O)N[C@H]1CC2(CCN(CC(=O)N(CC#N)C(C)C)CC2)c2ccccc21.CC(C)CCN1CCC2(CC1)CC(C(=O)O)c1ccccc12.COC(=O)CCCCCN1CCC2(CC1)C[C@H](NC(C)=O)c1ccccc12.[HH].[HH].[HH]. The average molecular weight is 1060 g/mol. The number of benzene rings is 3. The molecule has 424 valence electrons. The summed E-state index contributed by atoms with van der Waals surface area (Å²) in [6.45, 7) is 20.5. The van der Waals surface area contributed by atoms with E-state index in [9.17, 15) is 29.1 Å². The number of unbranched alkanes of at least 4 members (excludes halogenated alkanes) is 2. The number of esters is 1. The number of nitrogens with zero attached hydrogens (tertiary/aromatic N) is 5. The van der Waals surface area contributed by atoms with Crippen molar-refractivity contribution in [1.29, 1.82) is 5.26 Å². The summed E-state index contributed by atoms with van der Waals surface area (Å²) in [5.74, 6) is -0.245. The molecule has 3 atom stereocenters. The van der Waals surface area contributed by atoms with Crippen molar-refractivity contribution in [3.05, 3.63) is 106 Å². The highest BCUT2D eigenvalue weighted by molar-refractivity contribution is 5.79. The van der Waals surface area contributed by atoms with Gasteiger partial charge in [-0.1, -0.05) is 93.1 Å². The molecular formula is C63H95N7O7. The van der Waals surface area contributed by atoms with Gasteiger partial charge in [-0.25, -0.2) is 0 Å². The van der Waals surface area contributed by atoms with Gasteiger partial charge in [0.1, 0.15) is 6.54 Å². The molecule has 3 aromatic rings. The minimum absolute atomic E-state index is 0. The number of carbonyl (C=O) groups is 5. The number of methoxy groups -OCH3 is 1. The predicted molar refractivity (Wildman–Crippen MR) is 307 cm³/mol. The van der Waals surface area contributed by atoms with Gasteiger partial charge < -0.3 is 35.2 Å². The third kappa shape index (κ3) is 14.6. The van der Waals surface area contributed by atoms with Crippen molar-refractivity contribution >= 4 is 29.7 Å². The molecule has 14 nitrogen and oxygen atoms in total. The summed E-state index contributed by atoms with van der Waals surface area (Å²) < 4.78 is 4.69. The van der Waals surface area contributed by atoms with E-state index in [1.165, 1.54) is 47.9 Å². The molecule has 77 heavy (non-hydrogen) atoms. The van der Waals surface area contributed by atoms with Gasteiger partial charge in [-0.2, -0.15) is 5.26 Å². The zero-order chi connectivity index (χ0) is 55.3. The molecule has 9 rings (SSSR count). The van der Waals surface area contributed by atoms with Gasteiger partial charge in [-0.3, -0.25) is 28.9 Å². The second-order valence-electron chi connectivity index (χ2n) is 23.9. The fraction of sp³-hybridized carbons (Fsp3) is 0.619. The van der Waals surface area contributed by atoms with Crippen molar-refractivity contribution in [1.82, 2.24) is 30.2 Å². The molecule has 1 unspecified atom stereocenters. The fourth-order valence-corrected chi connectivity index (χ4v) is 13.9.